The van der Waals surface area contributed by atoms with Crippen LogP contribution in [0.25, 0.3) is 22.3 Å². The Labute approximate surface area is 251 Å². The monoisotopic (exact) mass is 624 g/mol. The Morgan fingerprint density at radius 2 is 1.66 bits per heavy atom. The first-order chi connectivity index (χ1) is 21.2. The molecule has 0 spiro atoms. The highest BCUT2D eigenvalue weighted by atomic mass is 32.2. The zero-order chi connectivity index (χ0) is 31.1. The van der Waals surface area contributed by atoms with E-state index in [1.807, 2.05) is 30.3 Å². The van der Waals surface area contributed by atoms with Gasteiger partial charge in [-0.25, -0.2) is 27.8 Å². The lowest BCUT2D eigenvalue weighted by atomic mass is 10.0. The molecule has 6 rings (SSSR count). The van der Waals surface area contributed by atoms with Gasteiger partial charge in [0, 0.05) is 18.7 Å². The minimum Gasteiger partial charge on any atom is -0.612 e. The number of amides is 1. The zero-order valence-corrected chi connectivity index (χ0v) is 24.0. The van der Waals surface area contributed by atoms with Crippen LogP contribution in [0.1, 0.15) is 29.2 Å². The van der Waals surface area contributed by atoms with Crippen LogP contribution in [0, 0.1) is 23.3 Å². The number of ether oxygens (including phenoxy) is 1. The number of rotatable bonds is 6. The van der Waals surface area contributed by atoms with E-state index in [1.54, 1.807) is 28.9 Å². The number of fused-ring (bicyclic) bond motifs is 1. The van der Waals surface area contributed by atoms with Crippen molar-refractivity contribution < 1.29 is 31.6 Å². The highest BCUT2D eigenvalue weighted by Crippen LogP contribution is 2.36. The Bertz CT molecular complexity index is 1870. The molecule has 0 aliphatic carbocycles. The predicted octanol–water partition coefficient (Wildman–Crippen LogP) is 5.64. The van der Waals surface area contributed by atoms with Crippen molar-refractivity contribution in [2.45, 2.75) is 23.8 Å². The van der Waals surface area contributed by atoms with E-state index in [1.165, 1.54) is 11.2 Å². The van der Waals surface area contributed by atoms with Crippen molar-refractivity contribution in [3.05, 3.63) is 89.8 Å². The maximum Gasteiger partial charge on any atom is 0.262 e. The molecule has 3 aromatic carbocycles. The SMILES string of the molecule is C[S+]([O-])c1c(F)c(F)c(F)c(F)c1C(=O)N1CCC[C@@H](n2nc(-c3ccc(Oc4ccccc4)cc3)c3c(N)ncnc32)C1. The zero-order valence-electron chi connectivity index (χ0n) is 23.1. The lowest BCUT2D eigenvalue weighted by molar-refractivity contribution is 0.0663. The molecule has 2 N–H and O–H groups in total. The number of aromatic nitrogens is 4. The molecular formula is C30H24F4N6O3S. The molecule has 1 aliphatic rings. The molecule has 2 aromatic heterocycles. The van der Waals surface area contributed by atoms with Gasteiger partial charge in [-0.1, -0.05) is 18.2 Å². The molecule has 1 fully saturated rings. The number of nitrogens with zero attached hydrogens (tertiary/aromatic N) is 5. The second kappa shape index (κ2) is 11.8. The molecular weight excluding hydrogens is 600 g/mol. The van der Waals surface area contributed by atoms with Crippen LogP contribution in [0.5, 0.6) is 11.5 Å². The van der Waals surface area contributed by atoms with Crippen LogP contribution in [0.2, 0.25) is 0 Å². The number of para-hydroxylation sites is 1. The van der Waals surface area contributed by atoms with Crippen LogP contribution in [0.4, 0.5) is 23.4 Å². The molecule has 0 radical (unpaired) electrons. The third-order valence-electron chi connectivity index (χ3n) is 7.38. The van der Waals surface area contributed by atoms with E-state index in [9.17, 15) is 26.9 Å². The van der Waals surface area contributed by atoms with Crippen molar-refractivity contribution in [1.29, 1.82) is 0 Å². The Kier molecular flexibility index (Phi) is 7.86. The van der Waals surface area contributed by atoms with E-state index < -0.39 is 56.9 Å². The molecule has 0 bridgehead atoms. The minimum atomic E-state index is -2.33. The Morgan fingerprint density at radius 3 is 2.36 bits per heavy atom. The maximum atomic E-state index is 14.9. The van der Waals surface area contributed by atoms with Gasteiger partial charge in [0.2, 0.25) is 16.5 Å². The lowest BCUT2D eigenvalue weighted by Gasteiger charge is -2.33. The highest BCUT2D eigenvalue weighted by Gasteiger charge is 2.38. The fraction of sp³-hybridized carbons (Fsp3) is 0.200. The summed E-state index contributed by atoms with van der Waals surface area (Å²) in [7, 11) is 0. The number of benzene rings is 3. The first-order valence-corrected chi connectivity index (χ1v) is 15.0. The minimum absolute atomic E-state index is 0.0569. The summed E-state index contributed by atoms with van der Waals surface area (Å²) < 4.78 is 77.2. The summed E-state index contributed by atoms with van der Waals surface area (Å²) in [5.41, 5.74) is 6.71. The third kappa shape index (κ3) is 5.19. The van der Waals surface area contributed by atoms with Crippen LogP contribution in [-0.2, 0) is 11.2 Å². The maximum absolute atomic E-state index is 14.9. The molecule has 1 aliphatic heterocycles. The van der Waals surface area contributed by atoms with Crippen LogP contribution in [0.15, 0.2) is 65.8 Å². The van der Waals surface area contributed by atoms with Crippen molar-refractivity contribution >= 4 is 33.9 Å². The quantitative estimate of drug-likeness (QED) is 0.112. The molecule has 1 amide bonds. The Balaban J connectivity index is 1.34. The van der Waals surface area contributed by atoms with Crippen LogP contribution in [0.3, 0.4) is 0 Å². The first kappa shape index (κ1) is 29.4. The van der Waals surface area contributed by atoms with Gasteiger partial charge in [-0.2, -0.15) is 9.49 Å². The second-order valence-electron chi connectivity index (χ2n) is 10.2. The number of anilines is 1. The summed E-state index contributed by atoms with van der Waals surface area (Å²) in [6, 6.07) is 15.9. The summed E-state index contributed by atoms with van der Waals surface area (Å²) in [5.74, 6) is -7.70. The standard InChI is InChI=1S/C30H24F4N6O3S/c1-44(42)27-20(22(31)23(32)24(33)25(27)34)30(41)39-13-5-6-17(14-39)40-29-21(28(35)36-15-37-29)26(38-40)16-9-11-19(12-10-16)43-18-7-3-2-4-8-18/h2-4,7-12,15,17H,5-6,13-14H2,1H3,(H2,35,36,37)/t17-,44?/m1/s1. The van der Waals surface area contributed by atoms with E-state index in [2.05, 4.69) is 9.97 Å². The fourth-order valence-corrected chi connectivity index (χ4v) is 6.13. The van der Waals surface area contributed by atoms with E-state index in [0.29, 0.717) is 46.6 Å². The average Bonchev–Trinajstić information content (AvgIpc) is 3.43. The van der Waals surface area contributed by atoms with Gasteiger partial charge < -0.3 is 19.9 Å². The topological polar surface area (TPSA) is 122 Å². The molecule has 3 heterocycles. The number of nitrogen functional groups attached to an aromatic ring is 1. The third-order valence-corrected chi connectivity index (χ3v) is 8.34. The van der Waals surface area contributed by atoms with Crippen LogP contribution >= 0.6 is 0 Å². The number of halogens is 4. The van der Waals surface area contributed by atoms with Gasteiger partial charge >= 0.3 is 0 Å². The normalized spacial score (nSPS) is 15.9. The summed E-state index contributed by atoms with van der Waals surface area (Å²) in [6.07, 6.45) is 3.17. The molecule has 2 atom stereocenters. The van der Waals surface area contributed by atoms with Crippen molar-refractivity contribution in [1.82, 2.24) is 24.6 Å². The molecule has 44 heavy (non-hydrogen) atoms. The largest absolute Gasteiger partial charge is 0.612 e. The average molecular weight is 625 g/mol. The molecule has 14 heteroatoms. The number of hydrogen-bond acceptors (Lipinski definition) is 7. The molecule has 1 unspecified atom stereocenters. The van der Waals surface area contributed by atoms with Crippen LogP contribution in [-0.4, -0.2) is 54.5 Å². The first-order valence-electron chi connectivity index (χ1n) is 13.5. The highest BCUT2D eigenvalue weighted by molar-refractivity contribution is 7.90. The van der Waals surface area contributed by atoms with E-state index in [0.717, 1.165) is 6.26 Å². The number of carbonyl (C=O) groups excluding carboxylic acids is 1. The van der Waals surface area contributed by atoms with Crippen molar-refractivity contribution in [2.24, 2.45) is 0 Å². The number of hydrogen-bond donors (Lipinski definition) is 1. The number of carbonyl (C=O) groups is 1. The van der Waals surface area contributed by atoms with Gasteiger partial charge in [0.1, 0.15) is 41.2 Å². The summed E-state index contributed by atoms with van der Waals surface area (Å²) in [6.45, 7) is 0.0515. The van der Waals surface area contributed by atoms with Crippen LogP contribution < -0.4 is 10.5 Å². The van der Waals surface area contributed by atoms with Gasteiger partial charge in [0.05, 0.1) is 11.4 Å². The van der Waals surface area contributed by atoms with Crippen molar-refractivity contribution in [2.75, 3.05) is 25.1 Å². The fourth-order valence-electron chi connectivity index (χ4n) is 5.33. The Hall–Kier alpha value is -4.69. The van der Waals surface area contributed by atoms with Gasteiger partial charge in [0.25, 0.3) is 5.91 Å². The number of piperidine rings is 1. The summed E-state index contributed by atoms with van der Waals surface area (Å²) in [5, 5.41) is 5.27. The van der Waals surface area contributed by atoms with Gasteiger partial charge in [0.15, 0.2) is 17.3 Å². The van der Waals surface area contributed by atoms with Crippen molar-refractivity contribution in [3.8, 4) is 22.8 Å². The second-order valence-corrected chi connectivity index (χ2v) is 11.5. The number of nitrogens with two attached hydrogens (primary N) is 1. The molecule has 226 valence electrons. The van der Waals surface area contributed by atoms with Crippen molar-refractivity contribution in [3.63, 3.8) is 0 Å². The molecule has 0 saturated carbocycles. The molecule has 9 nitrogen and oxygen atoms in total. The van der Waals surface area contributed by atoms with Gasteiger partial charge in [-0.3, -0.25) is 4.79 Å². The van der Waals surface area contributed by atoms with Gasteiger partial charge in [-0.05, 0) is 60.4 Å². The Morgan fingerprint density at radius 1 is 0.977 bits per heavy atom. The summed E-state index contributed by atoms with van der Waals surface area (Å²) >= 11 is -2.33. The van der Waals surface area contributed by atoms with E-state index in [-0.39, 0.29) is 18.9 Å². The smallest absolute Gasteiger partial charge is 0.262 e. The molecule has 1 saturated heterocycles. The molecule has 5 aromatic rings. The summed E-state index contributed by atoms with van der Waals surface area (Å²) in [4.78, 5) is 22.1. The number of likely N-dealkylation sites (tertiary alicyclic amines) is 1. The van der Waals surface area contributed by atoms with E-state index in [4.69, 9.17) is 15.6 Å². The van der Waals surface area contributed by atoms with E-state index >= 15 is 0 Å². The predicted molar refractivity (Wildman–Crippen MR) is 154 cm³/mol. The van der Waals surface area contributed by atoms with Gasteiger partial charge in [-0.15, -0.1) is 0 Å². The lowest BCUT2D eigenvalue weighted by Crippen LogP contribution is -2.42.